The first-order chi connectivity index (χ1) is 12.0. The molecule has 0 atom stereocenters. The molecule has 1 N–H and O–H groups in total. The molecule has 0 aliphatic carbocycles. The number of ether oxygens (including phenoxy) is 1. The summed E-state index contributed by atoms with van der Waals surface area (Å²) in [6, 6.07) is 0. The Bertz CT molecular complexity index is 480. The number of carboxylic acids is 1. The predicted octanol–water partition coefficient (Wildman–Crippen LogP) is 6.01. The molecule has 0 aliphatic heterocycles. The average molecular weight is 347 g/mol. The second kappa shape index (κ2) is 15.6. The van der Waals surface area contributed by atoms with Crippen molar-refractivity contribution in [3.05, 3.63) is 60.8 Å². The summed E-state index contributed by atoms with van der Waals surface area (Å²) in [6.45, 7) is 5.69. The van der Waals surface area contributed by atoms with E-state index >= 15 is 0 Å². The number of rotatable bonds is 14. The lowest BCUT2D eigenvalue weighted by molar-refractivity contribution is -0.161. The maximum atomic E-state index is 10.9. The SMILES string of the molecule is CCC=CCC=CCC=CCC=CCC=CCCOC(C)(C)C(=O)O. The van der Waals surface area contributed by atoms with Gasteiger partial charge in [-0.2, -0.15) is 0 Å². The zero-order valence-electron chi connectivity index (χ0n) is 16.0. The van der Waals surface area contributed by atoms with Gasteiger partial charge < -0.3 is 9.84 Å². The zero-order chi connectivity index (χ0) is 18.8. The van der Waals surface area contributed by atoms with Crippen molar-refractivity contribution in [2.45, 2.75) is 64.9 Å². The molecular weight excluding hydrogens is 312 g/mol. The minimum atomic E-state index is -1.11. The van der Waals surface area contributed by atoms with E-state index in [9.17, 15) is 4.79 Å². The van der Waals surface area contributed by atoms with E-state index in [1.54, 1.807) is 13.8 Å². The van der Waals surface area contributed by atoms with Crippen LogP contribution in [0.25, 0.3) is 0 Å². The molecule has 0 rings (SSSR count). The topological polar surface area (TPSA) is 46.5 Å². The van der Waals surface area contributed by atoms with Crippen molar-refractivity contribution in [1.82, 2.24) is 0 Å². The summed E-state index contributed by atoms with van der Waals surface area (Å²) in [7, 11) is 0. The molecule has 25 heavy (non-hydrogen) atoms. The molecular formula is C22H34O3. The Kier molecular flexibility index (Phi) is 14.5. The Labute approximate surface area is 153 Å². The Balaban J connectivity index is 3.61. The fourth-order valence-electron chi connectivity index (χ4n) is 1.81. The first-order valence-corrected chi connectivity index (χ1v) is 9.13. The monoisotopic (exact) mass is 346 g/mol. The molecule has 0 bridgehead atoms. The predicted molar refractivity (Wildman–Crippen MR) is 107 cm³/mol. The largest absolute Gasteiger partial charge is 0.479 e. The molecule has 0 radical (unpaired) electrons. The van der Waals surface area contributed by atoms with E-state index < -0.39 is 11.6 Å². The van der Waals surface area contributed by atoms with Gasteiger partial charge in [0.1, 0.15) is 0 Å². The summed E-state index contributed by atoms with van der Waals surface area (Å²) in [5, 5.41) is 8.91. The molecule has 0 aromatic carbocycles. The van der Waals surface area contributed by atoms with Gasteiger partial charge in [-0.05, 0) is 52.4 Å². The third-order valence-electron chi connectivity index (χ3n) is 3.42. The summed E-state index contributed by atoms with van der Waals surface area (Å²) in [5.74, 6) is -0.934. The van der Waals surface area contributed by atoms with Crippen molar-refractivity contribution in [3.8, 4) is 0 Å². The lowest BCUT2D eigenvalue weighted by Gasteiger charge is -2.19. The second-order valence-electron chi connectivity index (χ2n) is 6.16. The van der Waals surface area contributed by atoms with Crippen LogP contribution in [-0.4, -0.2) is 23.3 Å². The smallest absolute Gasteiger partial charge is 0.335 e. The molecule has 0 amide bonds. The first-order valence-electron chi connectivity index (χ1n) is 9.13. The molecule has 0 aliphatic rings. The van der Waals surface area contributed by atoms with Crippen LogP contribution in [0.5, 0.6) is 0 Å². The van der Waals surface area contributed by atoms with E-state index in [-0.39, 0.29) is 0 Å². The molecule has 0 aromatic heterocycles. The highest BCUT2D eigenvalue weighted by Gasteiger charge is 2.27. The number of aliphatic carboxylic acids is 1. The second-order valence-corrected chi connectivity index (χ2v) is 6.16. The lowest BCUT2D eigenvalue weighted by atomic mass is 10.1. The van der Waals surface area contributed by atoms with Gasteiger partial charge in [0.2, 0.25) is 0 Å². The molecule has 140 valence electrons. The maximum Gasteiger partial charge on any atom is 0.335 e. The molecule has 0 aromatic rings. The van der Waals surface area contributed by atoms with Gasteiger partial charge >= 0.3 is 5.97 Å². The van der Waals surface area contributed by atoms with Crippen LogP contribution < -0.4 is 0 Å². The van der Waals surface area contributed by atoms with Gasteiger partial charge in [-0.15, -0.1) is 0 Å². The van der Waals surface area contributed by atoms with Crippen molar-refractivity contribution < 1.29 is 14.6 Å². The van der Waals surface area contributed by atoms with Crippen LogP contribution in [0.4, 0.5) is 0 Å². The summed E-state index contributed by atoms with van der Waals surface area (Å²) < 4.78 is 5.32. The van der Waals surface area contributed by atoms with Gasteiger partial charge in [-0.3, -0.25) is 0 Å². The van der Waals surface area contributed by atoms with Gasteiger partial charge in [-0.1, -0.05) is 67.7 Å². The number of hydrogen-bond donors (Lipinski definition) is 1. The fourth-order valence-corrected chi connectivity index (χ4v) is 1.81. The van der Waals surface area contributed by atoms with Gasteiger partial charge in [-0.25, -0.2) is 4.79 Å². The van der Waals surface area contributed by atoms with E-state index in [4.69, 9.17) is 9.84 Å². The van der Waals surface area contributed by atoms with Gasteiger partial charge in [0.05, 0.1) is 6.61 Å². The van der Waals surface area contributed by atoms with Gasteiger partial charge in [0.25, 0.3) is 0 Å². The first kappa shape index (κ1) is 23.1. The summed E-state index contributed by atoms with van der Waals surface area (Å²) in [6.07, 6.45) is 27.2. The van der Waals surface area contributed by atoms with E-state index in [0.29, 0.717) is 6.61 Å². The van der Waals surface area contributed by atoms with Crippen LogP contribution in [0.2, 0.25) is 0 Å². The quantitative estimate of drug-likeness (QED) is 0.309. The molecule has 0 saturated carbocycles. The third kappa shape index (κ3) is 15.4. The molecule has 0 spiro atoms. The molecule has 3 nitrogen and oxygen atoms in total. The van der Waals surface area contributed by atoms with Crippen molar-refractivity contribution in [1.29, 1.82) is 0 Å². The molecule has 0 unspecified atom stereocenters. The maximum absolute atomic E-state index is 10.9. The summed E-state index contributed by atoms with van der Waals surface area (Å²) in [5.41, 5.74) is -1.11. The van der Waals surface area contributed by atoms with Crippen LogP contribution in [0, 0.1) is 0 Å². The summed E-state index contributed by atoms with van der Waals surface area (Å²) in [4.78, 5) is 10.9. The normalized spacial score (nSPS) is 13.4. The molecule has 0 saturated heterocycles. The van der Waals surface area contributed by atoms with Crippen LogP contribution in [0.15, 0.2) is 60.8 Å². The summed E-state index contributed by atoms with van der Waals surface area (Å²) >= 11 is 0. The zero-order valence-corrected chi connectivity index (χ0v) is 16.0. The van der Waals surface area contributed by atoms with E-state index in [1.807, 2.05) is 6.08 Å². The molecule has 0 fully saturated rings. The van der Waals surface area contributed by atoms with Crippen LogP contribution in [0.1, 0.15) is 59.3 Å². The number of allylic oxidation sites excluding steroid dienone is 9. The molecule has 3 heteroatoms. The van der Waals surface area contributed by atoms with Crippen molar-refractivity contribution in [2.24, 2.45) is 0 Å². The highest BCUT2D eigenvalue weighted by Crippen LogP contribution is 2.09. The Hall–Kier alpha value is -1.87. The third-order valence-corrected chi connectivity index (χ3v) is 3.42. The van der Waals surface area contributed by atoms with Crippen molar-refractivity contribution in [3.63, 3.8) is 0 Å². The van der Waals surface area contributed by atoms with E-state index in [2.05, 4.69) is 61.6 Å². The minimum absolute atomic E-state index is 0.421. The average Bonchev–Trinajstić information content (AvgIpc) is 2.57. The van der Waals surface area contributed by atoms with Crippen molar-refractivity contribution >= 4 is 5.97 Å². The van der Waals surface area contributed by atoms with E-state index in [1.165, 1.54) is 0 Å². The van der Waals surface area contributed by atoms with Gasteiger partial charge in [0.15, 0.2) is 5.60 Å². The number of carbonyl (C=O) groups is 1. The fraction of sp³-hybridized carbons (Fsp3) is 0.500. The number of hydrogen-bond acceptors (Lipinski definition) is 2. The lowest BCUT2D eigenvalue weighted by Crippen LogP contribution is -2.34. The highest BCUT2D eigenvalue weighted by molar-refractivity contribution is 5.76. The Morgan fingerprint density at radius 3 is 1.60 bits per heavy atom. The van der Waals surface area contributed by atoms with Crippen LogP contribution >= 0.6 is 0 Å². The molecule has 0 heterocycles. The minimum Gasteiger partial charge on any atom is -0.479 e. The van der Waals surface area contributed by atoms with Gasteiger partial charge in [0, 0.05) is 0 Å². The standard InChI is InChI=1S/C22H34O3/c1-4-5-6-7-8-9-10-11-12-13-14-15-16-17-18-19-20-25-22(2,3)21(23)24/h5-6,8-9,11-12,14-15,17-18H,4,7,10,13,16,19-20H2,1-3H3,(H,23,24). The Morgan fingerprint density at radius 1 is 0.800 bits per heavy atom. The van der Waals surface area contributed by atoms with Crippen LogP contribution in [0.3, 0.4) is 0 Å². The van der Waals surface area contributed by atoms with Crippen molar-refractivity contribution in [2.75, 3.05) is 6.61 Å². The Morgan fingerprint density at radius 2 is 1.20 bits per heavy atom. The number of carboxylic acid groups (broad SMARTS) is 1. The van der Waals surface area contributed by atoms with Crippen LogP contribution in [-0.2, 0) is 9.53 Å². The highest BCUT2D eigenvalue weighted by atomic mass is 16.5. The van der Waals surface area contributed by atoms with E-state index in [0.717, 1.165) is 38.5 Å².